The largest absolute Gasteiger partial charge is 0.326 e. The molecule has 2 rings (SSSR count). The molecule has 1 fully saturated rings. The minimum atomic E-state index is -3.42. The summed E-state index contributed by atoms with van der Waals surface area (Å²) in [4.78, 5) is 0.388. The van der Waals surface area contributed by atoms with Gasteiger partial charge < -0.3 is 5.73 Å². The van der Waals surface area contributed by atoms with E-state index in [2.05, 4.69) is 6.92 Å². The first-order valence-corrected chi connectivity index (χ1v) is 8.48. The number of hydrogen-bond acceptors (Lipinski definition) is 3. The molecule has 1 aliphatic carbocycles. The second-order valence-corrected chi connectivity index (χ2v) is 8.02. The highest BCUT2D eigenvalue weighted by Gasteiger charge is 2.36. The summed E-state index contributed by atoms with van der Waals surface area (Å²) in [5.41, 5.74) is 8.41. The molecule has 4 nitrogen and oxygen atoms in total. The summed E-state index contributed by atoms with van der Waals surface area (Å²) in [5.74, 6) is 1.15. The van der Waals surface area contributed by atoms with Gasteiger partial charge in [-0.3, -0.25) is 0 Å². The fourth-order valence-corrected chi connectivity index (χ4v) is 4.10. The van der Waals surface area contributed by atoms with Crippen LogP contribution in [0.5, 0.6) is 0 Å². The highest BCUT2D eigenvalue weighted by molar-refractivity contribution is 7.89. The van der Waals surface area contributed by atoms with E-state index in [1.54, 1.807) is 13.1 Å². The summed E-state index contributed by atoms with van der Waals surface area (Å²) in [5, 5.41) is 0. The van der Waals surface area contributed by atoms with Crippen molar-refractivity contribution in [1.29, 1.82) is 0 Å². The quantitative estimate of drug-likeness (QED) is 0.904. The lowest BCUT2D eigenvalue weighted by molar-refractivity contribution is 0.444. The van der Waals surface area contributed by atoms with E-state index in [1.807, 2.05) is 19.9 Å². The Balaban J connectivity index is 2.33. The van der Waals surface area contributed by atoms with Gasteiger partial charge in [0.15, 0.2) is 0 Å². The molecule has 0 aromatic heterocycles. The van der Waals surface area contributed by atoms with Crippen molar-refractivity contribution in [3.8, 4) is 0 Å². The Labute approximate surface area is 122 Å². The van der Waals surface area contributed by atoms with Crippen LogP contribution in [0.4, 0.5) is 0 Å². The topological polar surface area (TPSA) is 63.4 Å². The number of benzene rings is 1. The molecule has 0 aliphatic heterocycles. The standard InChI is InChI=1S/C15H24N2O2S/c1-10-5-12(3)15(7-13(10)8-16)20(18,19)17(4)9-14-6-11(14)2/h5,7,11,14H,6,8-9,16H2,1-4H3. The van der Waals surface area contributed by atoms with E-state index < -0.39 is 10.0 Å². The third-order valence-electron chi connectivity index (χ3n) is 4.31. The van der Waals surface area contributed by atoms with E-state index in [9.17, 15) is 8.42 Å². The van der Waals surface area contributed by atoms with E-state index >= 15 is 0 Å². The Kier molecular flexibility index (Phi) is 4.23. The molecule has 0 heterocycles. The third kappa shape index (κ3) is 2.90. The lowest BCUT2D eigenvalue weighted by Gasteiger charge is -2.20. The second-order valence-electron chi connectivity index (χ2n) is 6.01. The fraction of sp³-hybridized carbons (Fsp3) is 0.600. The SMILES string of the molecule is Cc1cc(C)c(S(=O)(=O)N(C)CC2CC2C)cc1CN. The maximum Gasteiger partial charge on any atom is 0.243 e. The molecular formula is C15H24N2O2S. The van der Waals surface area contributed by atoms with Crippen LogP contribution < -0.4 is 5.73 Å². The van der Waals surface area contributed by atoms with Gasteiger partial charge in [-0.1, -0.05) is 13.0 Å². The minimum Gasteiger partial charge on any atom is -0.326 e. The summed E-state index contributed by atoms with van der Waals surface area (Å²) in [6.07, 6.45) is 1.13. The molecule has 1 aromatic rings. The summed E-state index contributed by atoms with van der Waals surface area (Å²) < 4.78 is 26.9. The van der Waals surface area contributed by atoms with Crippen LogP contribution in [0.3, 0.4) is 0 Å². The molecule has 0 bridgehead atoms. The zero-order valence-corrected chi connectivity index (χ0v) is 13.5. The summed E-state index contributed by atoms with van der Waals surface area (Å²) in [7, 11) is -1.75. The number of rotatable bonds is 5. The molecule has 112 valence electrons. The number of hydrogen-bond donors (Lipinski definition) is 1. The first-order valence-electron chi connectivity index (χ1n) is 7.04. The highest BCUT2D eigenvalue weighted by Crippen LogP contribution is 2.39. The Hall–Kier alpha value is -0.910. The van der Waals surface area contributed by atoms with Gasteiger partial charge in [0.1, 0.15) is 0 Å². The maximum atomic E-state index is 12.7. The zero-order chi connectivity index (χ0) is 15.1. The fourth-order valence-electron chi connectivity index (χ4n) is 2.62. The van der Waals surface area contributed by atoms with Crippen LogP contribution in [0.25, 0.3) is 0 Å². The lowest BCUT2D eigenvalue weighted by atomic mass is 10.1. The van der Waals surface area contributed by atoms with Crippen molar-refractivity contribution in [3.63, 3.8) is 0 Å². The molecular weight excluding hydrogens is 272 g/mol. The van der Waals surface area contributed by atoms with Gasteiger partial charge in [0.05, 0.1) is 4.90 Å². The Bertz CT molecular complexity index is 611. The first-order chi connectivity index (χ1) is 9.27. The van der Waals surface area contributed by atoms with Crippen LogP contribution in [0.2, 0.25) is 0 Å². The van der Waals surface area contributed by atoms with E-state index in [0.717, 1.165) is 23.1 Å². The van der Waals surface area contributed by atoms with Crippen molar-refractivity contribution in [2.75, 3.05) is 13.6 Å². The van der Waals surface area contributed by atoms with Crippen LogP contribution in [-0.2, 0) is 16.6 Å². The summed E-state index contributed by atoms with van der Waals surface area (Å²) in [6.45, 7) is 6.93. The van der Waals surface area contributed by atoms with Gasteiger partial charge in [0.25, 0.3) is 0 Å². The molecule has 2 atom stereocenters. The number of nitrogens with zero attached hydrogens (tertiary/aromatic N) is 1. The molecule has 2 N–H and O–H groups in total. The molecule has 0 spiro atoms. The van der Waals surface area contributed by atoms with Crippen LogP contribution >= 0.6 is 0 Å². The van der Waals surface area contributed by atoms with E-state index in [-0.39, 0.29) is 0 Å². The summed E-state index contributed by atoms with van der Waals surface area (Å²) in [6, 6.07) is 3.63. The normalized spacial score (nSPS) is 22.3. The average Bonchev–Trinajstić information content (AvgIpc) is 3.04. The van der Waals surface area contributed by atoms with E-state index in [1.165, 1.54) is 4.31 Å². The van der Waals surface area contributed by atoms with Gasteiger partial charge >= 0.3 is 0 Å². The number of aryl methyl sites for hydroxylation is 2. The Morgan fingerprint density at radius 2 is 1.90 bits per heavy atom. The minimum absolute atomic E-state index is 0.359. The molecule has 1 aromatic carbocycles. The number of sulfonamides is 1. The van der Waals surface area contributed by atoms with Gasteiger partial charge in [-0.2, -0.15) is 0 Å². The average molecular weight is 296 g/mol. The van der Waals surface area contributed by atoms with Crippen molar-refractivity contribution < 1.29 is 8.42 Å². The van der Waals surface area contributed by atoms with Crippen LogP contribution in [-0.4, -0.2) is 26.3 Å². The third-order valence-corrected chi connectivity index (χ3v) is 6.27. The number of nitrogens with two attached hydrogens (primary N) is 1. The summed E-state index contributed by atoms with van der Waals surface area (Å²) >= 11 is 0. The predicted molar refractivity (Wildman–Crippen MR) is 80.9 cm³/mol. The van der Waals surface area contributed by atoms with Gasteiger partial charge in [-0.05, 0) is 54.9 Å². The maximum absolute atomic E-state index is 12.7. The van der Waals surface area contributed by atoms with Crippen molar-refractivity contribution in [2.24, 2.45) is 17.6 Å². The predicted octanol–water partition coefficient (Wildman–Crippen LogP) is 2.04. The highest BCUT2D eigenvalue weighted by atomic mass is 32.2. The monoisotopic (exact) mass is 296 g/mol. The molecule has 0 saturated heterocycles. The lowest BCUT2D eigenvalue weighted by Crippen LogP contribution is -2.30. The molecule has 20 heavy (non-hydrogen) atoms. The molecule has 0 radical (unpaired) electrons. The Morgan fingerprint density at radius 1 is 1.30 bits per heavy atom. The molecule has 2 unspecified atom stereocenters. The van der Waals surface area contributed by atoms with E-state index in [0.29, 0.717) is 29.8 Å². The van der Waals surface area contributed by atoms with Crippen LogP contribution in [0.15, 0.2) is 17.0 Å². The van der Waals surface area contributed by atoms with Crippen molar-refractivity contribution in [2.45, 2.75) is 38.6 Å². The Morgan fingerprint density at radius 3 is 2.40 bits per heavy atom. The van der Waals surface area contributed by atoms with Crippen molar-refractivity contribution >= 4 is 10.0 Å². The van der Waals surface area contributed by atoms with Crippen molar-refractivity contribution in [1.82, 2.24) is 4.31 Å². The van der Waals surface area contributed by atoms with Gasteiger partial charge in [0.2, 0.25) is 10.0 Å². The smallest absolute Gasteiger partial charge is 0.243 e. The van der Waals surface area contributed by atoms with Crippen LogP contribution in [0.1, 0.15) is 30.0 Å². The van der Waals surface area contributed by atoms with Crippen molar-refractivity contribution in [3.05, 3.63) is 28.8 Å². The molecule has 1 aliphatic rings. The van der Waals surface area contributed by atoms with Gasteiger partial charge in [-0.15, -0.1) is 0 Å². The van der Waals surface area contributed by atoms with Crippen LogP contribution in [0, 0.1) is 25.7 Å². The first kappa shape index (κ1) is 15.5. The van der Waals surface area contributed by atoms with E-state index in [4.69, 9.17) is 5.73 Å². The molecule has 1 saturated carbocycles. The second kappa shape index (κ2) is 5.47. The van der Waals surface area contributed by atoms with Gasteiger partial charge in [-0.25, -0.2) is 12.7 Å². The van der Waals surface area contributed by atoms with Gasteiger partial charge in [0, 0.05) is 20.1 Å². The zero-order valence-electron chi connectivity index (χ0n) is 12.7. The molecule has 0 amide bonds. The molecule has 5 heteroatoms.